The number of para-hydroxylation sites is 1. The van der Waals surface area contributed by atoms with Crippen LogP contribution in [0.3, 0.4) is 0 Å². The molecule has 0 fully saturated rings. The average molecular weight is 481 g/mol. The Balaban J connectivity index is 1.72. The molecule has 1 heterocycles. The lowest BCUT2D eigenvalue weighted by Crippen LogP contribution is -2.63. The van der Waals surface area contributed by atoms with Gasteiger partial charge in [-0.2, -0.15) is 0 Å². The number of nitrogens with zero attached hydrogens (tertiary/aromatic N) is 1. The minimum atomic E-state index is -1.40. The molecule has 1 N–H and O–H groups in total. The molecule has 1 spiro atoms. The second kappa shape index (κ2) is 6.90. The lowest BCUT2D eigenvalue weighted by molar-refractivity contribution is 0.0828. The number of Topliss-reactive ketones (excluding diaryl/α,β-unsaturated/α-hetero) is 1. The number of carbonyl (C=O) groups is 2. The second-order valence-corrected chi connectivity index (χ2v) is 8.83. The van der Waals surface area contributed by atoms with Crippen LogP contribution in [0.2, 0.25) is 0 Å². The highest BCUT2D eigenvalue weighted by Crippen LogP contribution is 2.49. The lowest BCUT2D eigenvalue weighted by atomic mass is 9.75. The van der Waals surface area contributed by atoms with Gasteiger partial charge in [-0.25, -0.2) is 0 Å². The molecule has 0 radical (unpaired) electrons. The van der Waals surface area contributed by atoms with Crippen LogP contribution in [0.15, 0.2) is 102 Å². The summed E-state index contributed by atoms with van der Waals surface area (Å²) in [6.45, 7) is 0. The van der Waals surface area contributed by atoms with Gasteiger partial charge in [-0.3, -0.25) is 14.5 Å². The zero-order chi connectivity index (χ0) is 21.9. The molecule has 5 heteroatoms. The number of ketones is 1. The molecule has 1 atom stereocenters. The van der Waals surface area contributed by atoms with Gasteiger partial charge in [-0.05, 0) is 47.5 Å². The van der Waals surface area contributed by atoms with E-state index in [0.29, 0.717) is 22.5 Å². The van der Waals surface area contributed by atoms with Crippen LogP contribution in [-0.4, -0.2) is 11.7 Å². The largest absolute Gasteiger partial charge is 0.351 e. The van der Waals surface area contributed by atoms with Crippen LogP contribution in [0.4, 0.5) is 11.4 Å². The number of rotatable bonds is 1. The van der Waals surface area contributed by atoms with Crippen molar-refractivity contribution in [2.45, 2.75) is 5.66 Å². The van der Waals surface area contributed by atoms with E-state index < -0.39 is 5.66 Å². The van der Waals surface area contributed by atoms with Gasteiger partial charge in [0, 0.05) is 27.0 Å². The first-order chi connectivity index (χ1) is 15.6. The topological polar surface area (TPSA) is 49.4 Å². The molecule has 4 nitrogen and oxygen atoms in total. The fourth-order valence-corrected chi connectivity index (χ4v) is 5.08. The van der Waals surface area contributed by atoms with E-state index in [0.717, 1.165) is 21.2 Å². The van der Waals surface area contributed by atoms with Crippen molar-refractivity contribution in [2.75, 3.05) is 10.2 Å². The van der Waals surface area contributed by atoms with E-state index >= 15 is 0 Å². The summed E-state index contributed by atoms with van der Waals surface area (Å²) in [5.41, 5.74) is 3.58. The Hall–Kier alpha value is -3.70. The fraction of sp³-hybridized carbons (Fsp3) is 0.0370. The summed E-state index contributed by atoms with van der Waals surface area (Å²) in [7, 11) is 0. The van der Waals surface area contributed by atoms with Crippen LogP contribution >= 0.6 is 15.9 Å². The van der Waals surface area contributed by atoms with Crippen molar-refractivity contribution < 1.29 is 9.59 Å². The van der Waals surface area contributed by atoms with Crippen molar-refractivity contribution in [3.63, 3.8) is 0 Å². The standard InChI is InChI=1S/C27H17BrN2O2/c28-17-13-15-18(16-14-17)30-26(32)22-10-4-6-12-24(22)29-27(30)23-11-5-3-8-20(23)19-7-1-2-9-21(19)25(27)31/h1-16,29H. The number of fused-ring (bicyclic) bond motifs is 5. The molecule has 6 rings (SSSR count). The predicted molar refractivity (Wildman–Crippen MR) is 129 cm³/mol. The first kappa shape index (κ1) is 19.0. The number of anilines is 2. The minimum Gasteiger partial charge on any atom is -0.351 e. The zero-order valence-corrected chi connectivity index (χ0v) is 18.5. The highest BCUT2D eigenvalue weighted by molar-refractivity contribution is 9.10. The molecular weight excluding hydrogens is 464 g/mol. The van der Waals surface area contributed by atoms with Crippen LogP contribution in [-0.2, 0) is 5.66 Å². The molecule has 0 aromatic heterocycles. The maximum Gasteiger partial charge on any atom is 0.262 e. The van der Waals surface area contributed by atoms with Crippen molar-refractivity contribution in [3.8, 4) is 11.1 Å². The van der Waals surface area contributed by atoms with Gasteiger partial charge < -0.3 is 5.32 Å². The summed E-state index contributed by atoms with van der Waals surface area (Å²) in [6, 6.07) is 30.2. The summed E-state index contributed by atoms with van der Waals surface area (Å²) in [5.74, 6) is -0.373. The molecule has 1 amide bonds. The number of benzene rings is 4. The van der Waals surface area contributed by atoms with E-state index in [9.17, 15) is 9.59 Å². The maximum absolute atomic E-state index is 14.3. The van der Waals surface area contributed by atoms with Gasteiger partial charge in [-0.15, -0.1) is 0 Å². The SMILES string of the molecule is O=C1c2ccccc2NC2(C(=O)c3ccccc3-c3ccccc32)N1c1ccc(Br)cc1. The third-order valence-electron chi connectivity index (χ3n) is 6.20. The Kier molecular flexibility index (Phi) is 4.10. The van der Waals surface area contributed by atoms with Crippen LogP contribution in [0.25, 0.3) is 11.1 Å². The molecule has 1 aliphatic heterocycles. The van der Waals surface area contributed by atoms with Gasteiger partial charge in [0.1, 0.15) is 0 Å². The van der Waals surface area contributed by atoms with Crippen molar-refractivity contribution >= 4 is 39.0 Å². The van der Waals surface area contributed by atoms with Gasteiger partial charge in [0.15, 0.2) is 0 Å². The van der Waals surface area contributed by atoms with Crippen LogP contribution in [0.5, 0.6) is 0 Å². The molecule has 0 bridgehead atoms. The molecule has 2 aliphatic rings. The predicted octanol–water partition coefficient (Wildman–Crippen LogP) is 6.24. The summed E-state index contributed by atoms with van der Waals surface area (Å²) in [6.07, 6.45) is 0. The Labute approximate surface area is 193 Å². The lowest BCUT2D eigenvalue weighted by Gasteiger charge is -2.49. The van der Waals surface area contributed by atoms with Gasteiger partial charge in [0.2, 0.25) is 11.4 Å². The highest BCUT2D eigenvalue weighted by Gasteiger charge is 2.56. The van der Waals surface area contributed by atoms with Crippen molar-refractivity contribution in [3.05, 3.63) is 118 Å². The maximum atomic E-state index is 14.3. The third-order valence-corrected chi connectivity index (χ3v) is 6.73. The molecule has 1 aliphatic carbocycles. The first-order valence-electron chi connectivity index (χ1n) is 10.3. The summed E-state index contributed by atoms with van der Waals surface area (Å²) in [5, 5.41) is 3.50. The minimum absolute atomic E-state index is 0.155. The first-order valence-corrected chi connectivity index (χ1v) is 11.1. The van der Waals surface area contributed by atoms with Crippen LogP contribution in [0, 0.1) is 0 Å². The van der Waals surface area contributed by atoms with E-state index in [1.54, 1.807) is 11.0 Å². The summed E-state index contributed by atoms with van der Waals surface area (Å²) >= 11 is 3.47. The molecule has 32 heavy (non-hydrogen) atoms. The summed E-state index contributed by atoms with van der Waals surface area (Å²) in [4.78, 5) is 29.9. The monoisotopic (exact) mass is 480 g/mol. The Morgan fingerprint density at radius 2 is 1.25 bits per heavy atom. The van der Waals surface area contributed by atoms with Crippen LogP contribution in [0.1, 0.15) is 26.3 Å². The molecule has 1 unspecified atom stereocenters. The number of halogens is 1. The van der Waals surface area contributed by atoms with Gasteiger partial charge in [0.25, 0.3) is 5.91 Å². The molecular formula is C27H17BrN2O2. The van der Waals surface area contributed by atoms with Gasteiger partial charge in [-0.1, -0.05) is 76.6 Å². The normalized spacial score (nSPS) is 18.6. The summed E-state index contributed by atoms with van der Waals surface area (Å²) < 4.78 is 0.897. The van der Waals surface area contributed by atoms with Crippen molar-refractivity contribution in [2.24, 2.45) is 0 Å². The number of nitrogens with one attached hydrogen (secondary N) is 1. The van der Waals surface area contributed by atoms with Gasteiger partial charge >= 0.3 is 0 Å². The molecule has 154 valence electrons. The number of hydrogen-bond donors (Lipinski definition) is 1. The van der Waals surface area contributed by atoms with Crippen LogP contribution < -0.4 is 10.2 Å². The van der Waals surface area contributed by atoms with E-state index in [1.807, 2.05) is 91.0 Å². The molecule has 4 aromatic rings. The Morgan fingerprint density at radius 1 is 0.656 bits per heavy atom. The Bertz CT molecular complexity index is 1410. The zero-order valence-electron chi connectivity index (χ0n) is 16.9. The van der Waals surface area contributed by atoms with Crippen molar-refractivity contribution in [1.82, 2.24) is 0 Å². The van der Waals surface area contributed by atoms with E-state index in [1.165, 1.54) is 0 Å². The number of amides is 1. The van der Waals surface area contributed by atoms with E-state index in [2.05, 4.69) is 21.2 Å². The number of hydrogen-bond acceptors (Lipinski definition) is 3. The van der Waals surface area contributed by atoms with Crippen molar-refractivity contribution in [1.29, 1.82) is 0 Å². The third kappa shape index (κ3) is 2.49. The van der Waals surface area contributed by atoms with E-state index in [4.69, 9.17) is 0 Å². The molecule has 4 aromatic carbocycles. The highest BCUT2D eigenvalue weighted by atomic mass is 79.9. The van der Waals surface area contributed by atoms with Gasteiger partial charge in [0.05, 0.1) is 5.56 Å². The Morgan fingerprint density at radius 3 is 2.00 bits per heavy atom. The molecule has 0 saturated carbocycles. The van der Waals surface area contributed by atoms with E-state index in [-0.39, 0.29) is 11.7 Å². The fourth-order valence-electron chi connectivity index (χ4n) is 4.82. The average Bonchev–Trinajstić information content (AvgIpc) is 2.84. The molecule has 0 saturated heterocycles. The smallest absolute Gasteiger partial charge is 0.262 e. The number of carbonyl (C=O) groups excluding carboxylic acids is 2. The second-order valence-electron chi connectivity index (χ2n) is 7.92. The quantitative estimate of drug-likeness (QED) is 0.350.